The molecule has 0 unspecified atom stereocenters. The van der Waals surface area contributed by atoms with Gasteiger partial charge in [-0.15, -0.1) is 11.8 Å². The lowest BCUT2D eigenvalue weighted by Gasteiger charge is -2.29. The molecule has 0 bridgehead atoms. The molecule has 0 N–H and O–H groups in total. The lowest BCUT2D eigenvalue weighted by molar-refractivity contribution is -0.137. The number of hydrogen-bond acceptors (Lipinski definition) is 5. The van der Waals surface area contributed by atoms with Gasteiger partial charge in [-0.1, -0.05) is 36.4 Å². The Morgan fingerprint density at radius 3 is 2.18 bits per heavy atom. The van der Waals surface area contributed by atoms with Crippen LogP contribution in [-0.2, 0) is 20.6 Å². The van der Waals surface area contributed by atoms with Gasteiger partial charge in [0.05, 0.1) is 23.0 Å². The molecule has 0 aromatic heterocycles. The van der Waals surface area contributed by atoms with E-state index >= 15 is 0 Å². The summed E-state index contributed by atoms with van der Waals surface area (Å²) in [5.41, 5.74) is 0.382. The van der Waals surface area contributed by atoms with Crippen molar-refractivity contribution >= 4 is 35.0 Å². The van der Waals surface area contributed by atoms with Crippen LogP contribution >= 0.6 is 11.8 Å². The summed E-state index contributed by atoms with van der Waals surface area (Å²) in [5, 5.41) is 1.56. The molecule has 2 aliphatic heterocycles. The van der Waals surface area contributed by atoms with Crippen LogP contribution in [0.25, 0.3) is 0 Å². The number of para-hydroxylation sites is 1. The smallest absolute Gasteiger partial charge is 0.273 e. The van der Waals surface area contributed by atoms with E-state index in [0.717, 1.165) is 27.5 Å². The highest BCUT2D eigenvalue weighted by atomic mass is 32.2. The molecule has 0 saturated carbocycles. The molecule has 34 heavy (non-hydrogen) atoms. The largest absolute Gasteiger partial charge is 0.416 e. The number of alkyl halides is 3. The van der Waals surface area contributed by atoms with Gasteiger partial charge in [-0.25, -0.2) is 9.96 Å². The zero-order valence-corrected chi connectivity index (χ0v) is 18.7. The summed E-state index contributed by atoms with van der Waals surface area (Å²) in [6.45, 7) is 0. The van der Waals surface area contributed by atoms with E-state index in [4.69, 9.17) is 4.84 Å². The summed E-state index contributed by atoms with van der Waals surface area (Å²) in [6.07, 6.45) is -3.79. The molecule has 3 atom stereocenters. The second-order valence-electron chi connectivity index (χ2n) is 7.99. The number of hydroxylamine groups is 1. The van der Waals surface area contributed by atoms with E-state index in [1.807, 2.05) is 60.9 Å². The highest BCUT2D eigenvalue weighted by Crippen LogP contribution is 2.48. The number of rotatable bonds is 4. The van der Waals surface area contributed by atoms with Gasteiger partial charge in [0.1, 0.15) is 5.92 Å². The highest BCUT2D eigenvalue weighted by Gasteiger charge is 2.60. The molecular weight excluding hydrogens is 465 g/mol. The van der Waals surface area contributed by atoms with E-state index in [1.54, 1.807) is 16.8 Å². The van der Waals surface area contributed by atoms with Gasteiger partial charge in [-0.05, 0) is 54.3 Å². The summed E-state index contributed by atoms with van der Waals surface area (Å²) in [4.78, 5) is 34.7. The maximum absolute atomic E-state index is 13.6. The molecule has 5 rings (SSSR count). The molecule has 3 aromatic rings. The van der Waals surface area contributed by atoms with E-state index in [-0.39, 0.29) is 5.69 Å². The van der Waals surface area contributed by atoms with Crippen LogP contribution in [-0.4, -0.2) is 24.2 Å². The number of halogens is 3. The Bertz CT molecular complexity index is 1230. The second kappa shape index (κ2) is 8.48. The maximum Gasteiger partial charge on any atom is 0.416 e. The van der Waals surface area contributed by atoms with Gasteiger partial charge >= 0.3 is 6.18 Å². The van der Waals surface area contributed by atoms with Crippen molar-refractivity contribution in [3.8, 4) is 0 Å². The topological polar surface area (TPSA) is 49.9 Å². The number of anilines is 2. The molecule has 2 aliphatic rings. The lowest BCUT2D eigenvalue weighted by atomic mass is 9.90. The third-order valence-corrected chi connectivity index (χ3v) is 6.76. The van der Waals surface area contributed by atoms with Crippen molar-refractivity contribution in [1.29, 1.82) is 0 Å². The molecule has 0 aliphatic carbocycles. The first kappa shape index (κ1) is 22.5. The minimum absolute atomic E-state index is 0.120. The Labute approximate surface area is 198 Å². The van der Waals surface area contributed by atoms with Crippen LogP contribution in [0.5, 0.6) is 0 Å². The minimum Gasteiger partial charge on any atom is -0.273 e. The summed E-state index contributed by atoms with van der Waals surface area (Å²) >= 11 is 1.57. The summed E-state index contributed by atoms with van der Waals surface area (Å²) < 4.78 is 39.7. The van der Waals surface area contributed by atoms with Gasteiger partial charge < -0.3 is 0 Å². The number of hydrogen-bond donors (Lipinski definition) is 0. The van der Waals surface area contributed by atoms with Crippen molar-refractivity contribution in [1.82, 2.24) is 0 Å². The number of fused-ring (bicyclic) bond motifs is 1. The standard InChI is InChI=1S/C25H19F3N2O3S/c1-34-19-12-10-15(11-13-19)21-20-22(33-30(21)17-7-3-2-4-8-17)24(32)29(23(20)31)18-9-5-6-16(14-18)25(26,27)28/h2-14,20-22H,1H3/t20-,21-,22-/m0/s1. The highest BCUT2D eigenvalue weighted by molar-refractivity contribution is 7.98. The van der Waals surface area contributed by atoms with Crippen LogP contribution < -0.4 is 9.96 Å². The molecule has 0 spiro atoms. The number of benzene rings is 3. The number of thioether (sulfide) groups is 1. The summed E-state index contributed by atoms with van der Waals surface area (Å²) in [6, 6.07) is 20.3. The first-order valence-electron chi connectivity index (χ1n) is 10.5. The molecule has 2 heterocycles. The van der Waals surface area contributed by atoms with E-state index in [2.05, 4.69) is 0 Å². The first-order chi connectivity index (χ1) is 16.3. The SMILES string of the molecule is CSc1ccc([C@H]2[C@@H]3C(=O)N(c4cccc(C(F)(F)F)c4)C(=O)[C@H]3ON2c2ccccc2)cc1. The van der Waals surface area contributed by atoms with Crippen LogP contribution in [0.3, 0.4) is 0 Å². The van der Waals surface area contributed by atoms with Gasteiger partial charge in [-0.2, -0.15) is 13.2 Å². The molecule has 9 heteroatoms. The quantitative estimate of drug-likeness (QED) is 0.363. The molecule has 2 fully saturated rings. The third kappa shape index (κ3) is 3.74. The predicted molar refractivity (Wildman–Crippen MR) is 122 cm³/mol. The average molecular weight is 484 g/mol. The summed E-state index contributed by atoms with van der Waals surface area (Å²) in [7, 11) is 0. The van der Waals surface area contributed by atoms with Crippen LogP contribution in [0.4, 0.5) is 24.5 Å². The second-order valence-corrected chi connectivity index (χ2v) is 8.87. The zero-order valence-electron chi connectivity index (χ0n) is 17.9. The number of nitrogens with zero attached hydrogens (tertiary/aromatic N) is 2. The van der Waals surface area contributed by atoms with Crippen molar-refractivity contribution in [2.24, 2.45) is 5.92 Å². The fraction of sp³-hybridized carbons (Fsp3) is 0.200. The Morgan fingerprint density at radius 2 is 1.53 bits per heavy atom. The first-order valence-corrected chi connectivity index (χ1v) is 11.7. The lowest BCUT2D eigenvalue weighted by Crippen LogP contribution is -2.37. The fourth-order valence-corrected chi connectivity index (χ4v) is 4.84. The van der Waals surface area contributed by atoms with Gasteiger partial charge in [0.25, 0.3) is 5.91 Å². The van der Waals surface area contributed by atoms with Crippen molar-refractivity contribution in [2.45, 2.75) is 23.2 Å². The van der Waals surface area contributed by atoms with E-state index in [0.29, 0.717) is 5.69 Å². The Balaban J connectivity index is 1.56. The van der Waals surface area contributed by atoms with E-state index in [9.17, 15) is 22.8 Å². The molecule has 174 valence electrons. The van der Waals surface area contributed by atoms with Crippen LogP contribution in [0, 0.1) is 5.92 Å². The third-order valence-electron chi connectivity index (χ3n) is 6.02. The van der Waals surface area contributed by atoms with Gasteiger partial charge in [0, 0.05) is 4.90 Å². The molecule has 2 saturated heterocycles. The zero-order chi connectivity index (χ0) is 24.0. The number of carbonyl (C=O) groups is 2. The van der Waals surface area contributed by atoms with Crippen LogP contribution in [0.15, 0.2) is 83.8 Å². The fourth-order valence-electron chi connectivity index (χ4n) is 4.43. The van der Waals surface area contributed by atoms with Crippen molar-refractivity contribution in [3.63, 3.8) is 0 Å². The van der Waals surface area contributed by atoms with Crippen molar-refractivity contribution in [3.05, 3.63) is 90.0 Å². The average Bonchev–Trinajstić information content (AvgIpc) is 3.35. The maximum atomic E-state index is 13.6. The van der Waals surface area contributed by atoms with Crippen molar-refractivity contribution in [2.75, 3.05) is 16.2 Å². The molecule has 3 aromatic carbocycles. The molecule has 2 amide bonds. The van der Waals surface area contributed by atoms with Crippen LogP contribution in [0.1, 0.15) is 17.2 Å². The van der Waals surface area contributed by atoms with E-state index < -0.39 is 41.6 Å². The number of amides is 2. The van der Waals surface area contributed by atoms with Gasteiger partial charge in [0.2, 0.25) is 5.91 Å². The molecule has 5 nitrogen and oxygen atoms in total. The predicted octanol–water partition coefficient (Wildman–Crippen LogP) is 5.48. The number of imide groups is 1. The Kier molecular flexibility index (Phi) is 5.61. The Morgan fingerprint density at radius 1 is 0.853 bits per heavy atom. The monoisotopic (exact) mass is 484 g/mol. The Hall–Kier alpha value is -3.30. The van der Waals surface area contributed by atoms with Gasteiger partial charge in [0.15, 0.2) is 6.10 Å². The molecule has 0 radical (unpaired) electrons. The van der Waals surface area contributed by atoms with Crippen molar-refractivity contribution < 1.29 is 27.6 Å². The van der Waals surface area contributed by atoms with E-state index in [1.165, 1.54) is 12.1 Å². The molecular formula is C25H19F3N2O3S. The van der Waals surface area contributed by atoms with Crippen LogP contribution in [0.2, 0.25) is 0 Å². The number of carbonyl (C=O) groups excluding carboxylic acids is 2. The van der Waals surface area contributed by atoms with Gasteiger partial charge in [-0.3, -0.25) is 14.4 Å². The normalized spacial score (nSPS) is 22.4. The minimum atomic E-state index is -4.60. The summed E-state index contributed by atoms with van der Waals surface area (Å²) in [5.74, 6) is -2.19.